The van der Waals surface area contributed by atoms with E-state index in [2.05, 4.69) is 41.8 Å². The third-order valence-corrected chi connectivity index (χ3v) is 3.16. The second-order valence-electron chi connectivity index (χ2n) is 4.63. The van der Waals surface area contributed by atoms with E-state index < -0.39 is 0 Å². The first-order valence-corrected chi connectivity index (χ1v) is 6.70. The van der Waals surface area contributed by atoms with Gasteiger partial charge in [0.1, 0.15) is 0 Å². The van der Waals surface area contributed by atoms with Crippen LogP contribution in [-0.4, -0.2) is 26.0 Å². The zero-order valence-corrected chi connectivity index (χ0v) is 11.4. The SMILES string of the molecule is CNC(=O)CCCNCCC(C)c1ccccc1. The Morgan fingerprint density at radius 1 is 1.22 bits per heavy atom. The molecule has 0 radical (unpaired) electrons. The van der Waals surface area contributed by atoms with E-state index in [1.807, 2.05) is 6.07 Å². The number of nitrogens with one attached hydrogen (secondary N) is 2. The minimum Gasteiger partial charge on any atom is -0.359 e. The fourth-order valence-corrected chi connectivity index (χ4v) is 1.89. The highest BCUT2D eigenvalue weighted by Crippen LogP contribution is 2.17. The molecule has 1 unspecified atom stereocenters. The van der Waals surface area contributed by atoms with Crippen molar-refractivity contribution in [1.82, 2.24) is 10.6 Å². The van der Waals surface area contributed by atoms with Crippen molar-refractivity contribution in [2.24, 2.45) is 0 Å². The minimum atomic E-state index is 0.120. The lowest BCUT2D eigenvalue weighted by Crippen LogP contribution is -2.22. The molecule has 100 valence electrons. The van der Waals surface area contributed by atoms with Crippen LogP contribution in [0.5, 0.6) is 0 Å². The molecule has 3 heteroatoms. The average Bonchev–Trinajstić information content (AvgIpc) is 2.43. The second kappa shape index (κ2) is 8.70. The predicted octanol–water partition coefficient (Wildman–Crippen LogP) is 2.30. The Hall–Kier alpha value is -1.35. The van der Waals surface area contributed by atoms with Crippen molar-refractivity contribution in [2.45, 2.75) is 32.1 Å². The zero-order valence-electron chi connectivity index (χ0n) is 11.4. The number of rotatable bonds is 8. The third kappa shape index (κ3) is 5.82. The summed E-state index contributed by atoms with van der Waals surface area (Å²) in [7, 11) is 1.68. The molecule has 1 atom stereocenters. The Kier molecular flexibility index (Phi) is 7.11. The van der Waals surface area contributed by atoms with Crippen LogP contribution in [-0.2, 0) is 4.79 Å². The van der Waals surface area contributed by atoms with E-state index in [0.29, 0.717) is 12.3 Å². The summed E-state index contributed by atoms with van der Waals surface area (Å²) in [6.45, 7) is 4.17. The van der Waals surface area contributed by atoms with Crippen LogP contribution in [0.4, 0.5) is 0 Å². The third-order valence-electron chi connectivity index (χ3n) is 3.16. The molecule has 0 saturated carbocycles. The fourth-order valence-electron chi connectivity index (χ4n) is 1.89. The highest BCUT2D eigenvalue weighted by atomic mass is 16.1. The molecule has 2 N–H and O–H groups in total. The molecular weight excluding hydrogens is 224 g/mol. The van der Waals surface area contributed by atoms with Crippen molar-refractivity contribution >= 4 is 5.91 Å². The largest absolute Gasteiger partial charge is 0.359 e. The Balaban J connectivity index is 2.06. The van der Waals surface area contributed by atoms with Gasteiger partial charge in [-0.05, 0) is 37.4 Å². The molecule has 0 aliphatic rings. The van der Waals surface area contributed by atoms with Gasteiger partial charge in [-0.25, -0.2) is 0 Å². The molecule has 0 aliphatic carbocycles. The molecule has 18 heavy (non-hydrogen) atoms. The molecule has 0 saturated heterocycles. The standard InChI is InChI=1S/C15H24N2O/c1-13(14-7-4-3-5-8-14)10-12-17-11-6-9-15(18)16-2/h3-5,7-8,13,17H,6,9-12H2,1-2H3,(H,16,18). The van der Waals surface area contributed by atoms with Gasteiger partial charge in [0.05, 0.1) is 0 Å². The normalized spacial score (nSPS) is 12.1. The van der Waals surface area contributed by atoms with Crippen molar-refractivity contribution in [3.05, 3.63) is 35.9 Å². The lowest BCUT2D eigenvalue weighted by Gasteiger charge is -2.12. The van der Waals surface area contributed by atoms with E-state index in [1.165, 1.54) is 5.56 Å². The van der Waals surface area contributed by atoms with Crippen LogP contribution in [0.25, 0.3) is 0 Å². The highest BCUT2D eigenvalue weighted by molar-refractivity contribution is 5.75. The monoisotopic (exact) mass is 248 g/mol. The fraction of sp³-hybridized carbons (Fsp3) is 0.533. The molecule has 1 amide bonds. The van der Waals surface area contributed by atoms with Gasteiger partial charge in [0.25, 0.3) is 0 Å². The van der Waals surface area contributed by atoms with Crippen LogP contribution >= 0.6 is 0 Å². The van der Waals surface area contributed by atoms with Crippen molar-refractivity contribution < 1.29 is 4.79 Å². The van der Waals surface area contributed by atoms with Crippen molar-refractivity contribution in [3.8, 4) is 0 Å². The molecule has 0 aliphatic heterocycles. The van der Waals surface area contributed by atoms with E-state index in [9.17, 15) is 4.79 Å². The van der Waals surface area contributed by atoms with Gasteiger partial charge in [-0.2, -0.15) is 0 Å². The second-order valence-corrected chi connectivity index (χ2v) is 4.63. The molecule has 0 bridgehead atoms. The topological polar surface area (TPSA) is 41.1 Å². The van der Waals surface area contributed by atoms with E-state index in [4.69, 9.17) is 0 Å². The molecule has 1 rings (SSSR count). The predicted molar refractivity (Wildman–Crippen MR) is 75.6 cm³/mol. The van der Waals surface area contributed by atoms with Crippen molar-refractivity contribution in [2.75, 3.05) is 20.1 Å². The van der Waals surface area contributed by atoms with Gasteiger partial charge in [-0.3, -0.25) is 4.79 Å². The summed E-state index contributed by atoms with van der Waals surface area (Å²) in [5.41, 5.74) is 1.39. The number of carbonyl (C=O) groups is 1. The average molecular weight is 248 g/mol. The van der Waals surface area contributed by atoms with Crippen molar-refractivity contribution in [1.29, 1.82) is 0 Å². The van der Waals surface area contributed by atoms with E-state index in [-0.39, 0.29) is 5.91 Å². The van der Waals surface area contributed by atoms with Crippen LogP contribution in [0.15, 0.2) is 30.3 Å². The quantitative estimate of drug-likeness (QED) is 0.693. The maximum absolute atomic E-state index is 11.0. The Bertz CT molecular complexity index is 338. The van der Waals surface area contributed by atoms with E-state index in [1.54, 1.807) is 7.05 Å². The van der Waals surface area contributed by atoms with Crippen molar-refractivity contribution in [3.63, 3.8) is 0 Å². The Morgan fingerprint density at radius 2 is 1.94 bits per heavy atom. The molecule has 0 fully saturated rings. The number of benzene rings is 1. The van der Waals surface area contributed by atoms with Gasteiger partial charge in [0, 0.05) is 13.5 Å². The lowest BCUT2D eigenvalue weighted by molar-refractivity contribution is -0.120. The first kappa shape index (κ1) is 14.7. The lowest BCUT2D eigenvalue weighted by atomic mass is 9.98. The van der Waals surface area contributed by atoms with Gasteiger partial charge in [0.15, 0.2) is 0 Å². The van der Waals surface area contributed by atoms with Gasteiger partial charge >= 0.3 is 0 Å². The maximum atomic E-state index is 11.0. The highest BCUT2D eigenvalue weighted by Gasteiger charge is 2.03. The minimum absolute atomic E-state index is 0.120. The number of amides is 1. The number of carbonyl (C=O) groups excluding carboxylic acids is 1. The first-order valence-electron chi connectivity index (χ1n) is 6.70. The smallest absolute Gasteiger partial charge is 0.219 e. The zero-order chi connectivity index (χ0) is 13.2. The van der Waals surface area contributed by atoms with E-state index in [0.717, 1.165) is 25.9 Å². The molecule has 0 heterocycles. The Morgan fingerprint density at radius 3 is 2.61 bits per heavy atom. The molecule has 0 spiro atoms. The molecule has 1 aromatic rings. The summed E-state index contributed by atoms with van der Waals surface area (Å²) in [5, 5.41) is 6.01. The summed E-state index contributed by atoms with van der Waals surface area (Å²) in [6, 6.07) is 10.6. The van der Waals surface area contributed by atoms with Gasteiger partial charge < -0.3 is 10.6 Å². The van der Waals surface area contributed by atoms with Crippen LogP contribution in [0.3, 0.4) is 0 Å². The van der Waals surface area contributed by atoms with Gasteiger partial charge in [-0.15, -0.1) is 0 Å². The molecule has 1 aromatic carbocycles. The summed E-state index contributed by atoms with van der Waals surface area (Å²) in [6.07, 6.45) is 2.64. The summed E-state index contributed by atoms with van der Waals surface area (Å²) in [5.74, 6) is 0.701. The summed E-state index contributed by atoms with van der Waals surface area (Å²) >= 11 is 0. The van der Waals surface area contributed by atoms with Crippen LogP contribution in [0.2, 0.25) is 0 Å². The van der Waals surface area contributed by atoms with Crippen LogP contribution in [0.1, 0.15) is 37.7 Å². The molecule has 0 aromatic heterocycles. The summed E-state index contributed by atoms with van der Waals surface area (Å²) < 4.78 is 0. The van der Waals surface area contributed by atoms with Gasteiger partial charge in [0.2, 0.25) is 5.91 Å². The van der Waals surface area contributed by atoms with E-state index >= 15 is 0 Å². The molecular formula is C15H24N2O. The first-order chi connectivity index (χ1) is 8.74. The van der Waals surface area contributed by atoms with Gasteiger partial charge in [-0.1, -0.05) is 37.3 Å². The Labute approximate surface area is 110 Å². The number of hydrogen-bond donors (Lipinski definition) is 2. The number of hydrogen-bond acceptors (Lipinski definition) is 2. The maximum Gasteiger partial charge on any atom is 0.219 e. The van der Waals surface area contributed by atoms with Crippen LogP contribution in [0, 0.1) is 0 Å². The molecule has 3 nitrogen and oxygen atoms in total. The van der Waals surface area contributed by atoms with Crippen LogP contribution < -0.4 is 10.6 Å². The summed E-state index contributed by atoms with van der Waals surface area (Å²) in [4.78, 5) is 11.0.